The predicted octanol–water partition coefficient (Wildman–Crippen LogP) is 3.23. The average Bonchev–Trinajstić information content (AvgIpc) is 2.17. The van der Waals surface area contributed by atoms with Crippen molar-refractivity contribution in [2.24, 2.45) is 0 Å². The summed E-state index contributed by atoms with van der Waals surface area (Å²) in [7, 11) is 1.63. The summed E-state index contributed by atoms with van der Waals surface area (Å²) in [4.78, 5) is 1.70. The van der Waals surface area contributed by atoms with Crippen LogP contribution in [0.15, 0.2) is 16.8 Å². The first-order chi connectivity index (χ1) is 6.35. The number of hydrogen-bond acceptors (Lipinski definition) is 2. The summed E-state index contributed by atoms with van der Waals surface area (Å²) >= 11 is 3.16. The molecule has 0 aliphatic carbocycles. The highest BCUT2D eigenvalue weighted by atomic mass is 79.9. The maximum atomic E-state index is 5.41. The fraction of sp³-hybridized carbons (Fsp3) is 0.700. The summed E-state index contributed by atoms with van der Waals surface area (Å²) in [6.07, 6.45) is 5.39. The SMILES string of the molecule is CCCCC(C=C=CBr)OCOC. The second-order valence-corrected chi connectivity index (χ2v) is 3.15. The first kappa shape index (κ1) is 12.9. The van der Waals surface area contributed by atoms with E-state index in [2.05, 4.69) is 28.6 Å². The third-order valence-electron chi connectivity index (χ3n) is 1.59. The van der Waals surface area contributed by atoms with Crippen molar-refractivity contribution in [3.05, 3.63) is 16.8 Å². The zero-order valence-electron chi connectivity index (χ0n) is 8.25. The molecule has 0 radical (unpaired) electrons. The molecule has 0 N–H and O–H groups in total. The van der Waals surface area contributed by atoms with Crippen LogP contribution in [0.2, 0.25) is 0 Å². The van der Waals surface area contributed by atoms with E-state index in [0.717, 1.165) is 12.8 Å². The number of halogens is 1. The molecule has 0 fully saturated rings. The van der Waals surface area contributed by atoms with Gasteiger partial charge < -0.3 is 9.47 Å². The van der Waals surface area contributed by atoms with Crippen molar-refractivity contribution < 1.29 is 9.47 Å². The van der Waals surface area contributed by atoms with Crippen LogP contribution in [0.5, 0.6) is 0 Å². The van der Waals surface area contributed by atoms with Gasteiger partial charge >= 0.3 is 0 Å². The molecule has 1 unspecified atom stereocenters. The van der Waals surface area contributed by atoms with E-state index in [0.29, 0.717) is 6.79 Å². The molecule has 1 atom stereocenters. The zero-order valence-corrected chi connectivity index (χ0v) is 9.84. The van der Waals surface area contributed by atoms with E-state index in [9.17, 15) is 0 Å². The third kappa shape index (κ3) is 8.26. The number of hydrogen-bond donors (Lipinski definition) is 0. The number of methoxy groups -OCH3 is 1. The second kappa shape index (κ2) is 10.0. The Kier molecular flexibility index (Phi) is 9.94. The molecule has 0 aromatic heterocycles. The normalized spacial score (nSPS) is 11.9. The van der Waals surface area contributed by atoms with Gasteiger partial charge in [-0.25, -0.2) is 0 Å². The van der Waals surface area contributed by atoms with Gasteiger partial charge in [-0.15, -0.1) is 5.73 Å². The number of unbranched alkanes of at least 4 members (excludes halogenated alkanes) is 1. The zero-order chi connectivity index (χ0) is 9.94. The molecule has 0 heterocycles. The van der Waals surface area contributed by atoms with Crippen LogP contribution >= 0.6 is 15.9 Å². The molecule has 3 heteroatoms. The lowest BCUT2D eigenvalue weighted by Gasteiger charge is -2.11. The van der Waals surface area contributed by atoms with E-state index in [4.69, 9.17) is 9.47 Å². The molecule has 0 aromatic rings. The van der Waals surface area contributed by atoms with E-state index in [-0.39, 0.29) is 6.10 Å². The van der Waals surface area contributed by atoms with Crippen molar-refractivity contribution in [1.29, 1.82) is 0 Å². The fourth-order valence-corrected chi connectivity index (χ4v) is 1.07. The summed E-state index contributed by atoms with van der Waals surface area (Å²) in [5.74, 6) is 0. The Bertz CT molecular complexity index is 154. The average molecular weight is 249 g/mol. The molecule has 13 heavy (non-hydrogen) atoms. The molecular weight excluding hydrogens is 232 g/mol. The van der Waals surface area contributed by atoms with Crippen LogP contribution in [0.4, 0.5) is 0 Å². The monoisotopic (exact) mass is 248 g/mol. The maximum Gasteiger partial charge on any atom is 0.147 e. The Morgan fingerprint density at radius 1 is 1.54 bits per heavy atom. The molecule has 0 amide bonds. The molecule has 0 aliphatic heterocycles. The minimum atomic E-state index is 0.119. The van der Waals surface area contributed by atoms with Crippen molar-refractivity contribution >= 4 is 15.9 Å². The standard InChI is InChI=1S/C10H17BrO2/c1-3-4-6-10(7-5-8-11)13-9-12-2/h7-8,10H,3-4,6,9H2,1-2H3. The number of ether oxygens (including phenoxy) is 2. The van der Waals surface area contributed by atoms with Crippen molar-refractivity contribution in [2.75, 3.05) is 13.9 Å². The van der Waals surface area contributed by atoms with E-state index in [1.807, 2.05) is 6.08 Å². The summed E-state index contributed by atoms with van der Waals surface area (Å²) in [6.45, 7) is 2.51. The molecule has 0 rings (SSSR count). The molecule has 0 aliphatic rings. The van der Waals surface area contributed by atoms with Gasteiger partial charge in [-0.3, -0.25) is 0 Å². The lowest BCUT2D eigenvalue weighted by molar-refractivity contribution is -0.0578. The molecule has 0 saturated carbocycles. The van der Waals surface area contributed by atoms with Gasteiger partial charge in [0.25, 0.3) is 0 Å². The Morgan fingerprint density at radius 3 is 2.85 bits per heavy atom. The van der Waals surface area contributed by atoms with Gasteiger partial charge in [-0.05, 0) is 12.5 Å². The molecule has 76 valence electrons. The van der Waals surface area contributed by atoms with E-state index in [1.165, 1.54) is 6.42 Å². The van der Waals surface area contributed by atoms with Crippen LogP contribution in [0.3, 0.4) is 0 Å². The van der Waals surface area contributed by atoms with Gasteiger partial charge in [0.05, 0.1) is 6.10 Å². The first-order valence-corrected chi connectivity index (χ1v) is 5.38. The van der Waals surface area contributed by atoms with Crippen LogP contribution in [0.1, 0.15) is 26.2 Å². The van der Waals surface area contributed by atoms with Gasteiger partial charge in [0.2, 0.25) is 0 Å². The highest BCUT2D eigenvalue weighted by Crippen LogP contribution is 2.06. The van der Waals surface area contributed by atoms with Crippen LogP contribution in [0, 0.1) is 0 Å². The van der Waals surface area contributed by atoms with Gasteiger partial charge in [0, 0.05) is 12.1 Å². The van der Waals surface area contributed by atoms with Crippen LogP contribution in [0.25, 0.3) is 0 Å². The molecule has 0 bridgehead atoms. The minimum Gasteiger partial charge on any atom is -0.359 e. The lowest BCUT2D eigenvalue weighted by Crippen LogP contribution is -2.11. The highest BCUT2D eigenvalue weighted by Gasteiger charge is 2.02. The van der Waals surface area contributed by atoms with Crippen molar-refractivity contribution in [1.82, 2.24) is 0 Å². The Balaban J connectivity index is 3.80. The lowest BCUT2D eigenvalue weighted by atomic mass is 10.1. The van der Waals surface area contributed by atoms with E-state index >= 15 is 0 Å². The molecule has 2 nitrogen and oxygen atoms in total. The molecular formula is C10H17BrO2. The van der Waals surface area contributed by atoms with Gasteiger partial charge in [-0.1, -0.05) is 35.7 Å². The largest absolute Gasteiger partial charge is 0.359 e. The van der Waals surface area contributed by atoms with E-state index < -0.39 is 0 Å². The highest BCUT2D eigenvalue weighted by molar-refractivity contribution is 9.11. The van der Waals surface area contributed by atoms with Crippen LogP contribution in [-0.2, 0) is 9.47 Å². The molecule has 0 saturated heterocycles. The molecule has 0 spiro atoms. The Morgan fingerprint density at radius 2 is 2.31 bits per heavy atom. The number of rotatable bonds is 7. The fourth-order valence-electron chi connectivity index (χ4n) is 0.919. The smallest absolute Gasteiger partial charge is 0.147 e. The van der Waals surface area contributed by atoms with Gasteiger partial charge in [-0.2, -0.15) is 0 Å². The van der Waals surface area contributed by atoms with Crippen molar-refractivity contribution in [3.8, 4) is 0 Å². The topological polar surface area (TPSA) is 18.5 Å². The van der Waals surface area contributed by atoms with Crippen LogP contribution in [-0.4, -0.2) is 20.0 Å². The Labute approximate surface area is 88.7 Å². The van der Waals surface area contributed by atoms with E-state index in [1.54, 1.807) is 12.1 Å². The third-order valence-corrected chi connectivity index (χ3v) is 1.85. The Hall–Kier alpha value is -0.0800. The minimum absolute atomic E-state index is 0.119. The second-order valence-electron chi connectivity index (χ2n) is 2.70. The van der Waals surface area contributed by atoms with Crippen molar-refractivity contribution in [3.63, 3.8) is 0 Å². The van der Waals surface area contributed by atoms with Gasteiger partial charge in [0.15, 0.2) is 0 Å². The van der Waals surface area contributed by atoms with Gasteiger partial charge in [0.1, 0.15) is 6.79 Å². The quantitative estimate of drug-likeness (QED) is 0.509. The van der Waals surface area contributed by atoms with Crippen molar-refractivity contribution in [2.45, 2.75) is 32.3 Å². The van der Waals surface area contributed by atoms with Crippen LogP contribution < -0.4 is 0 Å². The summed E-state index contributed by atoms with van der Waals surface area (Å²) in [5, 5.41) is 0. The molecule has 0 aromatic carbocycles. The first-order valence-electron chi connectivity index (χ1n) is 4.47. The summed E-state index contributed by atoms with van der Waals surface area (Å²) in [6, 6.07) is 0. The predicted molar refractivity (Wildman–Crippen MR) is 57.9 cm³/mol. The maximum absolute atomic E-state index is 5.41. The summed E-state index contributed by atoms with van der Waals surface area (Å²) in [5.41, 5.74) is 2.95. The summed E-state index contributed by atoms with van der Waals surface area (Å²) < 4.78 is 10.3.